The van der Waals surface area contributed by atoms with Gasteiger partial charge in [-0.05, 0) is 36.8 Å². The van der Waals surface area contributed by atoms with E-state index in [-0.39, 0.29) is 34.7 Å². The predicted molar refractivity (Wildman–Crippen MR) is 127 cm³/mol. The van der Waals surface area contributed by atoms with Crippen molar-refractivity contribution < 1.29 is 29.2 Å². The second kappa shape index (κ2) is 9.60. The third-order valence-corrected chi connectivity index (χ3v) is 5.55. The molecule has 0 radical (unpaired) electrons. The van der Waals surface area contributed by atoms with Gasteiger partial charge in [0.05, 0.1) is 28.7 Å². The van der Waals surface area contributed by atoms with Crippen molar-refractivity contribution in [1.29, 1.82) is 0 Å². The number of carbonyl (C=O) groups is 3. The van der Waals surface area contributed by atoms with Crippen LogP contribution in [0.15, 0.2) is 84.4 Å². The average molecular weight is 472 g/mol. The summed E-state index contributed by atoms with van der Waals surface area (Å²) in [5, 5.41) is 22.4. The van der Waals surface area contributed by atoms with Crippen LogP contribution in [-0.4, -0.2) is 34.3 Å². The van der Waals surface area contributed by atoms with Gasteiger partial charge in [0.1, 0.15) is 5.76 Å². The highest BCUT2D eigenvalue weighted by Gasteiger charge is 2.47. The Kier molecular flexibility index (Phi) is 6.41. The average Bonchev–Trinajstić information content (AvgIpc) is 3.14. The maximum absolute atomic E-state index is 13.2. The highest BCUT2D eigenvalue weighted by molar-refractivity contribution is 6.51. The molecule has 0 spiro atoms. The van der Waals surface area contributed by atoms with Gasteiger partial charge in [-0.15, -0.1) is 0 Å². The summed E-state index contributed by atoms with van der Waals surface area (Å²) in [4.78, 5) is 50.3. The minimum Gasteiger partial charge on any atom is -0.507 e. The molecule has 1 N–H and O–H groups in total. The first kappa shape index (κ1) is 23.4. The number of anilines is 1. The molecule has 4 rings (SSSR count). The Morgan fingerprint density at radius 2 is 1.69 bits per heavy atom. The highest BCUT2D eigenvalue weighted by Crippen LogP contribution is 2.42. The number of Topliss-reactive ketones (excluding diaryl/α,β-unsaturated/α-hetero) is 1. The Hall–Kier alpha value is -4.79. The van der Waals surface area contributed by atoms with Crippen LogP contribution in [0, 0.1) is 10.1 Å². The third-order valence-electron chi connectivity index (χ3n) is 5.55. The molecular formula is C26H20N2O7. The Morgan fingerprint density at radius 1 is 1.00 bits per heavy atom. The molecule has 3 aromatic rings. The Bertz CT molecular complexity index is 1350. The van der Waals surface area contributed by atoms with Crippen LogP contribution in [0.1, 0.15) is 34.5 Å². The van der Waals surface area contributed by atoms with E-state index in [9.17, 15) is 29.6 Å². The first-order chi connectivity index (χ1) is 16.8. The van der Waals surface area contributed by atoms with E-state index in [1.54, 1.807) is 43.3 Å². The van der Waals surface area contributed by atoms with Crippen LogP contribution in [0.4, 0.5) is 11.4 Å². The van der Waals surface area contributed by atoms with E-state index in [0.29, 0.717) is 5.56 Å². The number of nitro benzene ring substituents is 1. The molecule has 3 aromatic carbocycles. The van der Waals surface area contributed by atoms with Crippen molar-refractivity contribution in [1.82, 2.24) is 0 Å². The molecule has 1 amide bonds. The number of hydrogen-bond acceptors (Lipinski definition) is 7. The molecule has 176 valence electrons. The van der Waals surface area contributed by atoms with E-state index in [2.05, 4.69) is 0 Å². The maximum atomic E-state index is 13.2. The minimum absolute atomic E-state index is 0.196. The van der Waals surface area contributed by atoms with Gasteiger partial charge in [-0.3, -0.25) is 24.6 Å². The zero-order valence-electron chi connectivity index (χ0n) is 18.6. The van der Waals surface area contributed by atoms with Crippen LogP contribution >= 0.6 is 0 Å². The molecule has 0 saturated carbocycles. The van der Waals surface area contributed by atoms with Crippen LogP contribution in [0.3, 0.4) is 0 Å². The molecule has 35 heavy (non-hydrogen) atoms. The number of rotatable bonds is 6. The summed E-state index contributed by atoms with van der Waals surface area (Å²) in [7, 11) is 0. The van der Waals surface area contributed by atoms with Crippen molar-refractivity contribution in [3.63, 3.8) is 0 Å². The van der Waals surface area contributed by atoms with Crippen LogP contribution in [0.5, 0.6) is 0 Å². The van der Waals surface area contributed by atoms with Gasteiger partial charge < -0.3 is 9.84 Å². The Morgan fingerprint density at radius 3 is 2.31 bits per heavy atom. The first-order valence-corrected chi connectivity index (χ1v) is 10.7. The smallest absolute Gasteiger partial charge is 0.338 e. The quantitative estimate of drug-likeness (QED) is 0.141. The van der Waals surface area contributed by atoms with E-state index in [4.69, 9.17) is 4.74 Å². The molecule has 0 bridgehead atoms. The number of benzene rings is 3. The lowest BCUT2D eigenvalue weighted by Gasteiger charge is -2.25. The van der Waals surface area contributed by atoms with Crippen molar-refractivity contribution in [3.8, 4) is 0 Å². The van der Waals surface area contributed by atoms with E-state index in [1.165, 1.54) is 42.5 Å². The molecule has 1 aliphatic heterocycles. The fourth-order valence-corrected chi connectivity index (χ4v) is 3.95. The van der Waals surface area contributed by atoms with Gasteiger partial charge in [-0.2, -0.15) is 0 Å². The number of hydrogen-bond donors (Lipinski definition) is 1. The van der Waals surface area contributed by atoms with Crippen molar-refractivity contribution in [3.05, 3.63) is 111 Å². The lowest BCUT2D eigenvalue weighted by atomic mass is 9.94. The largest absolute Gasteiger partial charge is 0.507 e. The van der Waals surface area contributed by atoms with Crippen molar-refractivity contribution in [2.24, 2.45) is 0 Å². The number of ketones is 1. The second-order valence-electron chi connectivity index (χ2n) is 7.65. The summed E-state index contributed by atoms with van der Waals surface area (Å²) in [5.74, 6) is -2.79. The molecule has 1 saturated heterocycles. The van der Waals surface area contributed by atoms with E-state index >= 15 is 0 Å². The normalized spacial score (nSPS) is 16.8. The number of ether oxygens (including phenoxy) is 1. The van der Waals surface area contributed by atoms with Crippen LogP contribution in [0.2, 0.25) is 0 Å². The summed E-state index contributed by atoms with van der Waals surface area (Å²) < 4.78 is 4.98. The number of amides is 1. The summed E-state index contributed by atoms with van der Waals surface area (Å²) in [6, 6.07) is 18.5. The molecular weight excluding hydrogens is 452 g/mol. The zero-order valence-corrected chi connectivity index (χ0v) is 18.6. The van der Waals surface area contributed by atoms with Crippen molar-refractivity contribution in [2.45, 2.75) is 13.0 Å². The van der Waals surface area contributed by atoms with Gasteiger partial charge >= 0.3 is 5.97 Å². The number of nitrogens with zero attached hydrogens (tertiary/aromatic N) is 2. The molecule has 1 aliphatic rings. The van der Waals surface area contributed by atoms with Gasteiger partial charge in [-0.25, -0.2) is 4.79 Å². The molecule has 0 aliphatic carbocycles. The molecule has 1 atom stereocenters. The van der Waals surface area contributed by atoms with Crippen LogP contribution in [0.25, 0.3) is 5.76 Å². The van der Waals surface area contributed by atoms with E-state index in [1.807, 2.05) is 0 Å². The van der Waals surface area contributed by atoms with Crippen molar-refractivity contribution in [2.75, 3.05) is 11.5 Å². The lowest BCUT2D eigenvalue weighted by Crippen LogP contribution is -2.29. The molecule has 9 heteroatoms. The highest BCUT2D eigenvalue weighted by atomic mass is 16.6. The lowest BCUT2D eigenvalue weighted by molar-refractivity contribution is -0.384. The number of esters is 1. The minimum atomic E-state index is -1.14. The zero-order chi connectivity index (χ0) is 25.1. The second-order valence-corrected chi connectivity index (χ2v) is 7.65. The number of aliphatic hydroxyl groups is 1. The van der Waals surface area contributed by atoms with E-state index < -0.39 is 34.4 Å². The van der Waals surface area contributed by atoms with Gasteiger partial charge in [0.2, 0.25) is 0 Å². The molecule has 0 aromatic heterocycles. The monoisotopic (exact) mass is 472 g/mol. The summed E-state index contributed by atoms with van der Waals surface area (Å²) in [6.07, 6.45) is 0. The third kappa shape index (κ3) is 4.39. The number of aliphatic hydroxyl groups excluding tert-OH is 1. The Labute approximate surface area is 200 Å². The Balaban J connectivity index is 1.89. The predicted octanol–water partition coefficient (Wildman–Crippen LogP) is 4.40. The first-order valence-electron chi connectivity index (χ1n) is 10.7. The molecule has 1 unspecified atom stereocenters. The van der Waals surface area contributed by atoms with Gasteiger partial charge in [0.15, 0.2) is 0 Å². The van der Waals surface area contributed by atoms with Gasteiger partial charge in [0.25, 0.3) is 17.4 Å². The molecule has 1 fully saturated rings. The SMILES string of the molecule is CCOC(=O)c1ccc(N2C(=O)C(=O)/C(=C(/O)c3ccccc3)C2c2cccc([N+](=O)[O-])c2)cc1. The van der Waals surface area contributed by atoms with E-state index in [0.717, 1.165) is 4.90 Å². The topological polar surface area (TPSA) is 127 Å². The van der Waals surface area contributed by atoms with Gasteiger partial charge in [-0.1, -0.05) is 42.5 Å². The van der Waals surface area contributed by atoms with Crippen molar-refractivity contribution >= 4 is 34.8 Å². The fourth-order valence-electron chi connectivity index (χ4n) is 3.95. The molecule has 9 nitrogen and oxygen atoms in total. The number of carbonyl (C=O) groups excluding carboxylic acids is 3. The fraction of sp³-hybridized carbons (Fsp3) is 0.115. The number of nitro groups is 1. The summed E-state index contributed by atoms with van der Waals surface area (Å²) in [6.45, 7) is 1.87. The van der Waals surface area contributed by atoms with Crippen LogP contribution < -0.4 is 4.90 Å². The van der Waals surface area contributed by atoms with Crippen LogP contribution in [-0.2, 0) is 14.3 Å². The molecule has 1 heterocycles. The summed E-state index contributed by atoms with van der Waals surface area (Å²) in [5.41, 5.74) is 0.678. The summed E-state index contributed by atoms with van der Waals surface area (Å²) >= 11 is 0. The van der Waals surface area contributed by atoms with Gasteiger partial charge in [0, 0.05) is 23.4 Å². The maximum Gasteiger partial charge on any atom is 0.338 e. The standard InChI is InChI=1S/C26H20N2O7/c1-2-35-26(32)17-11-13-19(14-12-17)27-22(18-9-6-10-20(15-18)28(33)34)21(24(30)25(27)31)23(29)16-7-4-3-5-8-16/h3-15,22,29H,2H2,1H3/b23-21+. The number of non-ortho nitro benzene ring substituents is 1.